The molecule has 0 aromatic heterocycles. The van der Waals surface area contributed by atoms with E-state index in [1.165, 1.54) is 5.56 Å². The Labute approximate surface area is 87.2 Å². The van der Waals surface area contributed by atoms with Crippen molar-refractivity contribution in [3.63, 3.8) is 0 Å². The number of ether oxygens (including phenoxy) is 1. The normalized spacial score (nSPS) is 31.0. The van der Waals surface area contributed by atoms with Gasteiger partial charge >= 0.3 is 0 Å². The SMILES string of the molecule is CC1(C)O[C@H](c2ccccc2)[C@H]1Br. The molecule has 1 nitrogen and oxygen atoms in total. The molecule has 1 aliphatic rings. The minimum atomic E-state index is -0.0273. The summed E-state index contributed by atoms with van der Waals surface area (Å²) in [7, 11) is 0. The lowest BCUT2D eigenvalue weighted by atomic mass is 9.89. The van der Waals surface area contributed by atoms with Gasteiger partial charge in [0.15, 0.2) is 0 Å². The van der Waals surface area contributed by atoms with E-state index in [1.54, 1.807) is 0 Å². The van der Waals surface area contributed by atoms with Gasteiger partial charge in [-0.2, -0.15) is 0 Å². The van der Waals surface area contributed by atoms with Crippen molar-refractivity contribution in [3.8, 4) is 0 Å². The summed E-state index contributed by atoms with van der Waals surface area (Å²) < 4.78 is 5.78. The summed E-state index contributed by atoms with van der Waals surface area (Å²) in [5.74, 6) is 0. The topological polar surface area (TPSA) is 9.23 Å². The van der Waals surface area contributed by atoms with E-state index < -0.39 is 0 Å². The van der Waals surface area contributed by atoms with E-state index in [9.17, 15) is 0 Å². The fraction of sp³-hybridized carbons (Fsp3) is 0.455. The molecule has 70 valence electrons. The van der Waals surface area contributed by atoms with Gasteiger partial charge in [-0.05, 0) is 19.4 Å². The molecule has 0 unspecified atom stereocenters. The van der Waals surface area contributed by atoms with Crippen LogP contribution in [0.15, 0.2) is 30.3 Å². The summed E-state index contributed by atoms with van der Waals surface area (Å²) in [5, 5.41) is 0. The molecular formula is C11H13BrO. The van der Waals surface area contributed by atoms with Crippen LogP contribution in [0.5, 0.6) is 0 Å². The summed E-state index contributed by atoms with van der Waals surface area (Å²) in [6.07, 6.45) is 0.219. The smallest absolute Gasteiger partial charge is 0.0985 e. The number of halogens is 1. The molecule has 1 aromatic rings. The zero-order chi connectivity index (χ0) is 9.47. The van der Waals surface area contributed by atoms with Crippen LogP contribution < -0.4 is 0 Å². The molecule has 1 aliphatic heterocycles. The molecule has 2 atom stereocenters. The Morgan fingerprint density at radius 1 is 1.23 bits per heavy atom. The highest BCUT2D eigenvalue weighted by atomic mass is 79.9. The molecule has 1 aromatic carbocycles. The minimum Gasteiger partial charge on any atom is -0.365 e. The molecule has 2 rings (SSSR count). The molecule has 1 heterocycles. The standard InChI is InChI=1S/C11H13BrO/c1-11(2)10(12)9(13-11)8-6-4-3-5-7-8/h3-7,9-10H,1-2H3/t9-,10-/m1/s1. The maximum absolute atomic E-state index is 5.78. The second-order valence-corrected chi connectivity index (χ2v) is 4.94. The first-order chi connectivity index (χ1) is 6.11. The maximum Gasteiger partial charge on any atom is 0.0985 e. The third-order valence-corrected chi connectivity index (χ3v) is 4.07. The van der Waals surface area contributed by atoms with Crippen LogP contribution in [0.4, 0.5) is 0 Å². The first-order valence-electron chi connectivity index (χ1n) is 4.48. The second kappa shape index (κ2) is 3.10. The van der Waals surface area contributed by atoms with Crippen LogP contribution in [0.3, 0.4) is 0 Å². The van der Waals surface area contributed by atoms with Gasteiger partial charge in [-0.3, -0.25) is 0 Å². The number of hydrogen-bond acceptors (Lipinski definition) is 1. The van der Waals surface area contributed by atoms with E-state index in [0.29, 0.717) is 4.83 Å². The Bertz CT molecular complexity index is 294. The van der Waals surface area contributed by atoms with Crippen molar-refractivity contribution in [1.29, 1.82) is 0 Å². The van der Waals surface area contributed by atoms with Crippen molar-refractivity contribution < 1.29 is 4.74 Å². The molecule has 13 heavy (non-hydrogen) atoms. The van der Waals surface area contributed by atoms with Gasteiger partial charge in [0.2, 0.25) is 0 Å². The van der Waals surface area contributed by atoms with Gasteiger partial charge in [0, 0.05) is 0 Å². The number of rotatable bonds is 1. The fourth-order valence-corrected chi connectivity index (χ4v) is 2.14. The van der Waals surface area contributed by atoms with Gasteiger partial charge in [0.1, 0.15) is 0 Å². The van der Waals surface area contributed by atoms with E-state index >= 15 is 0 Å². The van der Waals surface area contributed by atoms with Crippen LogP contribution >= 0.6 is 15.9 Å². The Hall–Kier alpha value is -0.340. The lowest BCUT2D eigenvalue weighted by Gasteiger charge is -2.48. The monoisotopic (exact) mass is 240 g/mol. The highest BCUT2D eigenvalue weighted by Crippen LogP contribution is 2.47. The molecule has 0 amide bonds. The lowest BCUT2D eigenvalue weighted by Crippen LogP contribution is -2.51. The van der Waals surface area contributed by atoms with E-state index in [-0.39, 0.29) is 11.7 Å². The van der Waals surface area contributed by atoms with Crippen LogP contribution in [0.2, 0.25) is 0 Å². The summed E-state index contributed by atoms with van der Waals surface area (Å²) in [6, 6.07) is 10.3. The predicted molar refractivity (Wildman–Crippen MR) is 57.1 cm³/mol. The zero-order valence-corrected chi connectivity index (χ0v) is 9.41. The third-order valence-electron chi connectivity index (χ3n) is 2.49. The molecule has 0 spiro atoms. The third kappa shape index (κ3) is 1.53. The van der Waals surface area contributed by atoms with Gasteiger partial charge in [0.25, 0.3) is 0 Å². The first kappa shape index (κ1) is 9.22. The lowest BCUT2D eigenvalue weighted by molar-refractivity contribution is -0.176. The quantitative estimate of drug-likeness (QED) is 0.685. The van der Waals surface area contributed by atoms with Gasteiger partial charge < -0.3 is 4.74 Å². The van der Waals surface area contributed by atoms with Crippen molar-refractivity contribution >= 4 is 15.9 Å². The number of alkyl halides is 1. The summed E-state index contributed by atoms with van der Waals surface area (Å²) >= 11 is 3.66. The van der Waals surface area contributed by atoms with Crippen molar-refractivity contribution in [2.24, 2.45) is 0 Å². The van der Waals surface area contributed by atoms with Gasteiger partial charge in [-0.1, -0.05) is 46.3 Å². The van der Waals surface area contributed by atoms with Crippen LogP contribution in [0, 0.1) is 0 Å². The number of hydrogen-bond donors (Lipinski definition) is 0. The highest BCUT2D eigenvalue weighted by Gasteiger charge is 2.47. The van der Waals surface area contributed by atoms with Crippen molar-refractivity contribution in [2.45, 2.75) is 30.4 Å². The van der Waals surface area contributed by atoms with Crippen LogP contribution in [0.25, 0.3) is 0 Å². The Morgan fingerprint density at radius 3 is 2.31 bits per heavy atom. The Balaban J connectivity index is 2.15. The second-order valence-electron chi connectivity index (χ2n) is 3.95. The molecule has 0 bridgehead atoms. The molecule has 0 saturated carbocycles. The molecule has 0 N–H and O–H groups in total. The molecule has 2 heteroatoms. The predicted octanol–water partition coefficient (Wildman–Crippen LogP) is 3.30. The van der Waals surface area contributed by atoms with Crippen molar-refractivity contribution in [2.75, 3.05) is 0 Å². The van der Waals surface area contributed by atoms with Crippen molar-refractivity contribution in [1.82, 2.24) is 0 Å². The van der Waals surface area contributed by atoms with E-state index in [2.05, 4.69) is 41.9 Å². The summed E-state index contributed by atoms with van der Waals surface area (Å²) in [6.45, 7) is 4.21. The van der Waals surface area contributed by atoms with Gasteiger partial charge in [-0.15, -0.1) is 0 Å². The molecule has 0 aliphatic carbocycles. The van der Waals surface area contributed by atoms with Crippen LogP contribution in [-0.4, -0.2) is 10.4 Å². The van der Waals surface area contributed by atoms with Crippen LogP contribution in [0.1, 0.15) is 25.5 Å². The van der Waals surface area contributed by atoms with E-state index in [1.807, 2.05) is 18.2 Å². The molecule has 0 radical (unpaired) electrons. The van der Waals surface area contributed by atoms with Crippen molar-refractivity contribution in [3.05, 3.63) is 35.9 Å². The van der Waals surface area contributed by atoms with E-state index in [4.69, 9.17) is 4.74 Å². The minimum absolute atomic E-state index is 0.0273. The first-order valence-corrected chi connectivity index (χ1v) is 5.40. The fourth-order valence-electron chi connectivity index (χ4n) is 1.62. The van der Waals surface area contributed by atoms with E-state index in [0.717, 1.165) is 0 Å². The summed E-state index contributed by atoms with van der Waals surface area (Å²) in [5.41, 5.74) is 1.23. The highest BCUT2D eigenvalue weighted by molar-refractivity contribution is 9.09. The zero-order valence-electron chi connectivity index (χ0n) is 7.83. The molecule has 1 fully saturated rings. The van der Waals surface area contributed by atoms with Gasteiger partial charge in [-0.25, -0.2) is 0 Å². The summed E-state index contributed by atoms with van der Waals surface area (Å²) in [4.78, 5) is 0.419. The number of benzene rings is 1. The average molecular weight is 241 g/mol. The van der Waals surface area contributed by atoms with Crippen LogP contribution in [-0.2, 0) is 4.74 Å². The van der Waals surface area contributed by atoms with Gasteiger partial charge in [0.05, 0.1) is 16.5 Å². The maximum atomic E-state index is 5.78. The molecule has 1 saturated heterocycles. The molecular weight excluding hydrogens is 228 g/mol. The average Bonchev–Trinajstić information content (AvgIpc) is 2.15. The Morgan fingerprint density at radius 2 is 1.85 bits per heavy atom. The largest absolute Gasteiger partial charge is 0.365 e. The Kier molecular flexibility index (Phi) is 2.20.